The number of carbonyl (C=O) groups excluding carboxylic acids is 1. The summed E-state index contributed by atoms with van der Waals surface area (Å²) in [5.41, 5.74) is 0.511. The summed E-state index contributed by atoms with van der Waals surface area (Å²) in [6.07, 6.45) is 0.844. The molecule has 0 aliphatic rings. The molecule has 0 amide bonds. The molecule has 154 valence electrons. The molecule has 0 aromatic heterocycles. The molecule has 0 fully saturated rings. The Balaban J connectivity index is 3.63. The van der Waals surface area contributed by atoms with E-state index in [-0.39, 0.29) is 10.1 Å². The summed E-state index contributed by atoms with van der Waals surface area (Å²) in [5, 5.41) is 0.0188. The minimum Gasteiger partial charge on any atom is -0.540 e. The zero-order chi connectivity index (χ0) is 21.3. The van der Waals surface area contributed by atoms with Crippen LogP contribution in [0.4, 0.5) is 0 Å². The molecule has 4 nitrogen and oxygen atoms in total. The molecule has 1 rings (SSSR count). The van der Waals surface area contributed by atoms with Gasteiger partial charge < -0.3 is 13.6 Å². The fourth-order valence-corrected chi connectivity index (χ4v) is 3.98. The lowest BCUT2D eigenvalue weighted by molar-refractivity contribution is 0.112. The van der Waals surface area contributed by atoms with Gasteiger partial charge in [0, 0.05) is 0 Å². The molecule has 0 saturated heterocycles. The van der Waals surface area contributed by atoms with Crippen LogP contribution in [-0.4, -0.2) is 29.5 Å². The summed E-state index contributed by atoms with van der Waals surface area (Å²) in [6.45, 7) is 24.3. The second kappa shape index (κ2) is 7.99. The Bertz CT molecular complexity index is 668. The average Bonchev–Trinajstić information content (AvgIpc) is 2.48. The molecular weight excluding hydrogens is 372 g/mol. The van der Waals surface area contributed by atoms with Crippen LogP contribution in [0.25, 0.3) is 0 Å². The van der Waals surface area contributed by atoms with Gasteiger partial charge in [0.1, 0.15) is 0 Å². The molecule has 0 heterocycles. The molecule has 0 aliphatic carbocycles. The van der Waals surface area contributed by atoms with Crippen molar-refractivity contribution in [3.05, 3.63) is 17.7 Å². The first-order valence-electron chi connectivity index (χ1n) is 9.70. The highest BCUT2D eigenvalue weighted by Crippen LogP contribution is 2.48. The van der Waals surface area contributed by atoms with E-state index in [1.165, 1.54) is 0 Å². The van der Waals surface area contributed by atoms with Crippen molar-refractivity contribution in [2.24, 2.45) is 0 Å². The first kappa shape index (κ1) is 23.8. The van der Waals surface area contributed by atoms with Crippen molar-refractivity contribution in [1.29, 1.82) is 0 Å². The van der Waals surface area contributed by atoms with E-state index in [0.29, 0.717) is 29.4 Å². The van der Waals surface area contributed by atoms with Crippen LogP contribution in [-0.2, 0) is 0 Å². The second-order valence-corrected chi connectivity index (χ2v) is 19.5. The third kappa shape index (κ3) is 5.38. The highest BCUT2D eigenvalue weighted by Gasteiger charge is 2.43. The molecule has 6 heteroatoms. The van der Waals surface area contributed by atoms with E-state index >= 15 is 0 Å². The number of hydrogen-bond donors (Lipinski definition) is 0. The topological polar surface area (TPSA) is 44.8 Å². The van der Waals surface area contributed by atoms with Gasteiger partial charge in [0.15, 0.2) is 23.5 Å². The van der Waals surface area contributed by atoms with Crippen molar-refractivity contribution < 1.29 is 18.4 Å². The normalized spacial score (nSPS) is 13.3. The third-order valence-electron chi connectivity index (χ3n) is 5.86. The van der Waals surface area contributed by atoms with Gasteiger partial charge in [-0.25, -0.2) is 0 Å². The molecule has 1 aromatic carbocycles. The largest absolute Gasteiger partial charge is 0.540 e. The summed E-state index contributed by atoms with van der Waals surface area (Å²) in [5.74, 6) is 1.76. The Morgan fingerprint density at radius 3 is 1.67 bits per heavy atom. The summed E-state index contributed by atoms with van der Waals surface area (Å²) < 4.78 is 19.1. The maximum Gasteiger partial charge on any atom is 0.250 e. The summed E-state index contributed by atoms with van der Waals surface area (Å²) in [7, 11) is -4.33. The van der Waals surface area contributed by atoms with E-state index in [2.05, 4.69) is 67.7 Å². The molecule has 0 N–H and O–H groups in total. The molecule has 0 saturated carbocycles. The summed E-state index contributed by atoms with van der Waals surface area (Å²) >= 11 is 0. The number of hydrogen-bond acceptors (Lipinski definition) is 4. The number of benzene rings is 1. The van der Waals surface area contributed by atoms with E-state index in [0.717, 1.165) is 6.29 Å². The quantitative estimate of drug-likeness (QED) is 0.372. The second-order valence-electron chi connectivity index (χ2n) is 10.1. The van der Waals surface area contributed by atoms with E-state index in [4.69, 9.17) is 13.6 Å². The zero-order valence-electron chi connectivity index (χ0n) is 19.1. The molecule has 0 radical (unpaired) electrons. The Morgan fingerprint density at radius 2 is 1.30 bits per heavy atom. The van der Waals surface area contributed by atoms with E-state index in [1.807, 2.05) is 13.0 Å². The first-order valence-corrected chi connectivity index (χ1v) is 15.5. The first-order chi connectivity index (χ1) is 12.1. The highest BCUT2D eigenvalue weighted by molar-refractivity contribution is 6.75. The highest BCUT2D eigenvalue weighted by atomic mass is 28.4. The van der Waals surface area contributed by atoms with Gasteiger partial charge in [0.05, 0.1) is 12.2 Å². The van der Waals surface area contributed by atoms with Crippen LogP contribution in [0.1, 0.15) is 58.8 Å². The summed E-state index contributed by atoms with van der Waals surface area (Å²) in [4.78, 5) is 11.8. The number of ether oxygens (including phenoxy) is 1. The lowest BCUT2D eigenvalue weighted by atomic mass is 10.2. The fourth-order valence-electron chi connectivity index (χ4n) is 1.94. The van der Waals surface area contributed by atoms with Crippen molar-refractivity contribution in [2.75, 3.05) is 6.61 Å². The van der Waals surface area contributed by atoms with Crippen LogP contribution in [0, 0.1) is 0 Å². The van der Waals surface area contributed by atoms with E-state index in [1.54, 1.807) is 6.07 Å². The monoisotopic (exact) mass is 410 g/mol. The van der Waals surface area contributed by atoms with Gasteiger partial charge in [0.25, 0.3) is 16.6 Å². The lowest BCUT2D eigenvalue weighted by Crippen LogP contribution is -2.46. The predicted molar refractivity (Wildman–Crippen MR) is 119 cm³/mol. The van der Waals surface area contributed by atoms with Crippen LogP contribution >= 0.6 is 0 Å². The Hall–Kier alpha value is -1.28. The van der Waals surface area contributed by atoms with Crippen molar-refractivity contribution in [3.63, 3.8) is 0 Å². The van der Waals surface area contributed by atoms with Gasteiger partial charge in [0.2, 0.25) is 0 Å². The number of rotatable bonds is 7. The Morgan fingerprint density at radius 1 is 0.852 bits per heavy atom. The van der Waals surface area contributed by atoms with Crippen molar-refractivity contribution in [1.82, 2.24) is 0 Å². The van der Waals surface area contributed by atoms with Gasteiger partial charge in [-0.2, -0.15) is 0 Å². The van der Waals surface area contributed by atoms with Crippen LogP contribution in [0.15, 0.2) is 12.1 Å². The zero-order valence-corrected chi connectivity index (χ0v) is 21.1. The van der Waals surface area contributed by atoms with E-state index < -0.39 is 16.6 Å². The standard InChI is InChI=1S/C21H38O4Si2/c1-12-23-17-14-13-16(15-22)18(24-26(8,9)20(2,3)4)19(17)25-27(10,11)21(5,6)7/h13-15H,12H2,1-11H3. The van der Waals surface area contributed by atoms with Crippen molar-refractivity contribution in [2.45, 2.75) is 84.7 Å². The summed E-state index contributed by atoms with van der Waals surface area (Å²) in [6, 6.07) is 3.58. The average molecular weight is 411 g/mol. The van der Waals surface area contributed by atoms with Gasteiger partial charge in [-0.3, -0.25) is 4.79 Å². The van der Waals surface area contributed by atoms with Gasteiger partial charge in [-0.05, 0) is 55.3 Å². The van der Waals surface area contributed by atoms with Crippen LogP contribution in [0.5, 0.6) is 17.2 Å². The molecule has 0 aliphatic heterocycles. The molecule has 0 bridgehead atoms. The van der Waals surface area contributed by atoms with Gasteiger partial charge in [-0.1, -0.05) is 41.5 Å². The maximum absolute atomic E-state index is 11.8. The maximum atomic E-state index is 11.8. The molecule has 0 atom stereocenters. The minimum absolute atomic E-state index is 0.00299. The fraction of sp³-hybridized carbons (Fsp3) is 0.667. The molecule has 27 heavy (non-hydrogen) atoms. The third-order valence-corrected chi connectivity index (χ3v) is 14.5. The van der Waals surface area contributed by atoms with Gasteiger partial charge >= 0.3 is 0 Å². The molecule has 0 spiro atoms. The van der Waals surface area contributed by atoms with E-state index in [9.17, 15) is 4.79 Å². The minimum atomic E-state index is -2.17. The molecule has 1 aromatic rings. The van der Waals surface area contributed by atoms with Crippen molar-refractivity contribution >= 4 is 22.9 Å². The Kier molecular flexibility index (Phi) is 7.03. The number of carbonyl (C=O) groups is 1. The van der Waals surface area contributed by atoms with Crippen LogP contribution in [0.2, 0.25) is 36.3 Å². The van der Waals surface area contributed by atoms with Crippen LogP contribution in [0.3, 0.4) is 0 Å². The smallest absolute Gasteiger partial charge is 0.250 e. The predicted octanol–water partition coefficient (Wildman–Crippen LogP) is 6.67. The van der Waals surface area contributed by atoms with Crippen molar-refractivity contribution in [3.8, 4) is 17.2 Å². The van der Waals surface area contributed by atoms with Gasteiger partial charge in [-0.15, -0.1) is 0 Å². The Labute approximate surface area is 167 Å². The SMILES string of the molecule is CCOc1ccc(C=O)c(O[Si](C)(C)C(C)(C)C)c1O[Si](C)(C)C(C)(C)C. The number of aldehydes is 1. The lowest BCUT2D eigenvalue weighted by Gasteiger charge is -2.40. The molecule has 0 unspecified atom stereocenters. The molecular formula is C21H38O4Si2. The van der Waals surface area contributed by atoms with Crippen LogP contribution < -0.4 is 13.6 Å².